The first-order chi connectivity index (χ1) is 10.1. The van der Waals surface area contributed by atoms with E-state index in [0.717, 1.165) is 19.7 Å². The molecule has 1 amide bonds. The Morgan fingerprint density at radius 2 is 2.19 bits per heavy atom. The van der Waals surface area contributed by atoms with Crippen LogP contribution in [0.15, 0.2) is 38.7 Å². The lowest BCUT2D eigenvalue weighted by atomic mass is 10.3. The molecule has 0 saturated carbocycles. The Balaban J connectivity index is 1.62. The third-order valence-electron chi connectivity index (χ3n) is 2.89. The lowest BCUT2D eigenvalue weighted by molar-refractivity contribution is 0.0958. The minimum Gasteiger partial charge on any atom is -0.351 e. The summed E-state index contributed by atoms with van der Waals surface area (Å²) in [5.74, 6) is 0.750. The van der Waals surface area contributed by atoms with E-state index in [1.807, 2.05) is 28.8 Å². The number of halogens is 2. The number of carbonyl (C=O) groups is 1. The monoisotopic (exact) mass is 428 g/mol. The van der Waals surface area contributed by atoms with Crippen LogP contribution in [0.5, 0.6) is 0 Å². The summed E-state index contributed by atoms with van der Waals surface area (Å²) >= 11 is 8.15. The van der Waals surface area contributed by atoms with Crippen molar-refractivity contribution in [2.45, 2.75) is 6.42 Å². The maximum absolute atomic E-state index is 12.0. The Kier molecular flexibility index (Phi) is 4.37. The van der Waals surface area contributed by atoms with Crippen LogP contribution >= 0.6 is 43.2 Å². The van der Waals surface area contributed by atoms with Crippen LogP contribution in [0.2, 0.25) is 0 Å². The van der Waals surface area contributed by atoms with Crippen molar-refractivity contribution in [2.75, 3.05) is 6.54 Å². The SMILES string of the molecule is O=C(NCCc1nnc2ccccn12)c1cc(Br)c(Br)s1. The normalized spacial score (nSPS) is 11.0. The van der Waals surface area contributed by atoms with Gasteiger partial charge in [0.1, 0.15) is 5.82 Å². The summed E-state index contributed by atoms with van der Waals surface area (Å²) in [6.45, 7) is 0.516. The summed E-state index contributed by atoms with van der Waals surface area (Å²) in [4.78, 5) is 12.7. The Morgan fingerprint density at radius 3 is 2.95 bits per heavy atom. The minimum absolute atomic E-state index is 0.0831. The zero-order chi connectivity index (χ0) is 14.8. The molecule has 3 rings (SSSR count). The van der Waals surface area contributed by atoms with Crippen LogP contribution in [0.25, 0.3) is 5.65 Å². The van der Waals surface area contributed by atoms with Gasteiger partial charge in [-0.15, -0.1) is 21.5 Å². The number of amides is 1. The van der Waals surface area contributed by atoms with E-state index >= 15 is 0 Å². The van der Waals surface area contributed by atoms with Gasteiger partial charge in [0.15, 0.2) is 5.65 Å². The number of hydrogen-bond acceptors (Lipinski definition) is 4. The van der Waals surface area contributed by atoms with Gasteiger partial charge in [-0.3, -0.25) is 9.20 Å². The zero-order valence-corrected chi connectivity index (χ0v) is 14.7. The highest BCUT2D eigenvalue weighted by atomic mass is 79.9. The average molecular weight is 430 g/mol. The second-order valence-electron chi connectivity index (χ2n) is 4.28. The molecule has 0 fully saturated rings. The van der Waals surface area contributed by atoms with Crippen molar-refractivity contribution < 1.29 is 4.79 Å². The van der Waals surface area contributed by atoms with E-state index in [9.17, 15) is 4.79 Å². The number of thiophene rings is 1. The molecule has 0 unspecified atom stereocenters. The molecular weight excluding hydrogens is 420 g/mol. The molecule has 108 valence electrons. The molecule has 0 atom stereocenters. The fourth-order valence-corrected chi connectivity index (χ4v) is 3.85. The Bertz CT molecular complexity index is 779. The molecule has 0 aliphatic heterocycles. The number of fused-ring (bicyclic) bond motifs is 1. The molecule has 1 N–H and O–H groups in total. The van der Waals surface area contributed by atoms with Crippen molar-refractivity contribution in [3.05, 3.63) is 49.4 Å². The van der Waals surface area contributed by atoms with Crippen LogP contribution in [-0.4, -0.2) is 27.0 Å². The van der Waals surface area contributed by atoms with Crippen molar-refractivity contribution >= 4 is 54.8 Å². The van der Waals surface area contributed by atoms with Crippen LogP contribution in [0, 0.1) is 0 Å². The van der Waals surface area contributed by atoms with Gasteiger partial charge >= 0.3 is 0 Å². The topological polar surface area (TPSA) is 59.3 Å². The van der Waals surface area contributed by atoms with E-state index in [0.29, 0.717) is 17.8 Å². The fraction of sp³-hybridized carbons (Fsp3) is 0.154. The first-order valence-corrected chi connectivity index (χ1v) is 8.57. The van der Waals surface area contributed by atoms with Crippen molar-refractivity contribution in [1.82, 2.24) is 19.9 Å². The Hall–Kier alpha value is -1.25. The molecule has 8 heteroatoms. The van der Waals surface area contributed by atoms with E-state index in [1.54, 1.807) is 6.07 Å². The average Bonchev–Trinajstić information content (AvgIpc) is 3.04. The predicted octanol–water partition coefficient (Wildman–Crippen LogP) is 3.29. The minimum atomic E-state index is -0.0831. The highest BCUT2D eigenvalue weighted by molar-refractivity contribution is 9.13. The van der Waals surface area contributed by atoms with Crippen LogP contribution in [0.3, 0.4) is 0 Å². The van der Waals surface area contributed by atoms with Gasteiger partial charge < -0.3 is 5.32 Å². The third kappa shape index (κ3) is 3.17. The highest BCUT2D eigenvalue weighted by Gasteiger charge is 2.12. The van der Waals surface area contributed by atoms with E-state index < -0.39 is 0 Å². The van der Waals surface area contributed by atoms with Gasteiger partial charge in [-0.2, -0.15) is 0 Å². The number of nitrogens with zero attached hydrogens (tertiary/aromatic N) is 3. The maximum atomic E-state index is 12.0. The number of aromatic nitrogens is 3. The van der Waals surface area contributed by atoms with Gasteiger partial charge in [0.05, 0.1) is 8.66 Å². The lowest BCUT2D eigenvalue weighted by Crippen LogP contribution is -2.25. The predicted molar refractivity (Wildman–Crippen MR) is 88.7 cm³/mol. The maximum Gasteiger partial charge on any atom is 0.261 e. The quantitative estimate of drug-likeness (QED) is 0.692. The van der Waals surface area contributed by atoms with Gasteiger partial charge in [0, 0.05) is 23.6 Å². The molecule has 0 bridgehead atoms. The fourth-order valence-electron chi connectivity index (χ4n) is 1.89. The number of carbonyl (C=O) groups excluding carboxylic acids is 1. The summed E-state index contributed by atoms with van der Waals surface area (Å²) < 4.78 is 3.72. The highest BCUT2D eigenvalue weighted by Crippen LogP contribution is 2.32. The van der Waals surface area contributed by atoms with Gasteiger partial charge in [0.25, 0.3) is 5.91 Å². The van der Waals surface area contributed by atoms with E-state index in [2.05, 4.69) is 47.4 Å². The number of pyridine rings is 1. The van der Waals surface area contributed by atoms with E-state index in [-0.39, 0.29) is 5.91 Å². The molecule has 0 aliphatic rings. The molecule has 0 aliphatic carbocycles. The van der Waals surface area contributed by atoms with E-state index in [4.69, 9.17) is 0 Å². The molecule has 3 aromatic rings. The summed E-state index contributed by atoms with van der Waals surface area (Å²) in [5.41, 5.74) is 0.810. The van der Waals surface area contributed by atoms with Gasteiger partial charge in [0.2, 0.25) is 0 Å². The summed E-state index contributed by atoms with van der Waals surface area (Å²) in [6, 6.07) is 7.55. The van der Waals surface area contributed by atoms with Crippen molar-refractivity contribution in [3.8, 4) is 0 Å². The van der Waals surface area contributed by atoms with Crippen LogP contribution in [0.4, 0.5) is 0 Å². The van der Waals surface area contributed by atoms with E-state index in [1.165, 1.54) is 11.3 Å². The van der Waals surface area contributed by atoms with Gasteiger partial charge in [-0.05, 0) is 50.1 Å². The van der Waals surface area contributed by atoms with Crippen molar-refractivity contribution in [1.29, 1.82) is 0 Å². The third-order valence-corrected chi connectivity index (χ3v) is 6.14. The van der Waals surface area contributed by atoms with Crippen LogP contribution in [-0.2, 0) is 6.42 Å². The molecular formula is C13H10Br2N4OS. The molecule has 5 nitrogen and oxygen atoms in total. The molecule has 0 aromatic carbocycles. The van der Waals surface area contributed by atoms with Gasteiger partial charge in [-0.1, -0.05) is 6.07 Å². The first-order valence-electron chi connectivity index (χ1n) is 6.17. The number of nitrogens with one attached hydrogen (secondary N) is 1. The summed E-state index contributed by atoms with van der Waals surface area (Å²) in [6.07, 6.45) is 2.55. The van der Waals surface area contributed by atoms with Crippen LogP contribution < -0.4 is 5.32 Å². The molecule has 3 aromatic heterocycles. The van der Waals surface area contributed by atoms with Gasteiger partial charge in [-0.25, -0.2) is 0 Å². The summed E-state index contributed by atoms with van der Waals surface area (Å²) in [5, 5.41) is 11.1. The number of hydrogen-bond donors (Lipinski definition) is 1. The molecule has 0 radical (unpaired) electrons. The van der Waals surface area contributed by atoms with Crippen molar-refractivity contribution in [3.63, 3.8) is 0 Å². The lowest BCUT2D eigenvalue weighted by Gasteiger charge is -2.02. The Labute approximate surface area is 141 Å². The largest absolute Gasteiger partial charge is 0.351 e. The smallest absolute Gasteiger partial charge is 0.261 e. The standard InChI is InChI=1S/C13H10Br2N4OS/c14-8-7-9(21-12(8)15)13(20)16-5-4-11-18-17-10-3-1-2-6-19(10)11/h1-3,6-7H,4-5H2,(H,16,20). The Morgan fingerprint density at radius 1 is 1.33 bits per heavy atom. The number of rotatable bonds is 4. The second kappa shape index (κ2) is 6.25. The first kappa shape index (κ1) is 14.7. The zero-order valence-electron chi connectivity index (χ0n) is 10.7. The van der Waals surface area contributed by atoms with Crippen LogP contribution in [0.1, 0.15) is 15.5 Å². The molecule has 0 saturated heterocycles. The molecule has 3 heterocycles. The molecule has 0 spiro atoms. The summed E-state index contributed by atoms with van der Waals surface area (Å²) in [7, 11) is 0. The second-order valence-corrected chi connectivity index (χ2v) is 7.51. The van der Waals surface area contributed by atoms with Crippen molar-refractivity contribution in [2.24, 2.45) is 0 Å². The molecule has 21 heavy (non-hydrogen) atoms.